The number of hydrogen-bond donors (Lipinski definition) is 2. The lowest BCUT2D eigenvalue weighted by Gasteiger charge is -2.25. The van der Waals surface area contributed by atoms with E-state index in [2.05, 4.69) is 5.32 Å². The molecule has 0 radical (unpaired) electrons. The maximum atomic E-state index is 13.6. The Bertz CT molecular complexity index is 508. The molecule has 0 fully saturated rings. The second-order valence-electron chi connectivity index (χ2n) is 4.33. The molecule has 1 aromatic rings. The van der Waals surface area contributed by atoms with Gasteiger partial charge in [-0.15, -0.1) is 0 Å². The van der Waals surface area contributed by atoms with E-state index >= 15 is 0 Å². The Labute approximate surface area is 115 Å². The number of aliphatic carboxylic acids is 1. The maximum Gasteiger partial charge on any atom is 0.317 e. The fourth-order valence-corrected chi connectivity index (χ4v) is 1.62. The Hall–Kier alpha value is -2.18. The molecule has 1 aromatic carbocycles. The number of nitrogens with zero attached hydrogens (tertiary/aromatic N) is 1. The summed E-state index contributed by atoms with van der Waals surface area (Å²) >= 11 is 0. The van der Waals surface area contributed by atoms with Gasteiger partial charge in [-0.2, -0.15) is 0 Å². The summed E-state index contributed by atoms with van der Waals surface area (Å²) in [6.07, 6.45) is -0.206. The standard InChI is InChI=1S/C13H16F2N2O3/c1-8(10-7-9(14)3-4-11(10)15)17(2)13(20)16-6-5-12(18)19/h3-4,7-8H,5-6H2,1-2H3,(H,16,20)(H,18,19). The number of carbonyl (C=O) groups is 2. The minimum absolute atomic E-state index is 0.0309. The van der Waals surface area contributed by atoms with E-state index in [-0.39, 0.29) is 18.5 Å². The number of benzene rings is 1. The highest BCUT2D eigenvalue weighted by Crippen LogP contribution is 2.22. The number of carbonyl (C=O) groups excluding carboxylic acids is 1. The zero-order chi connectivity index (χ0) is 15.3. The fourth-order valence-electron chi connectivity index (χ4n) is 1.62. The van der Waals surface area contributed by atoms with Crippen LogP contribution in [0.15, 0.2) is 18.2 Å². The topological polar surface area (TPSA) is 69.6 Å². The highest BCUT2D eigenvalue weighted by Gasteiger charge is 2.20. The van der Waals surface area contributed by atoms with Gasteiger partial charge in [0.2, 0.25) is 0 Å². The van der Waals surface area contributed by atoms with Crippen LogP contribution >= 0.6 is 0 Å². The second-order valence-corrected chi connectivity index (χ2v) is 4.33. The Kier molecular flexibility index (Phi) is 5.42. The highest BCUT2D eigenvalue weighted by atomic mass is 19.1. The molecule has 5 nitrogen and oxygen atoms in total. The Morgan fingerprint density at radius 1 is 1.40 bits per heavy atom. The number of urea groups is 1. The van der Waals surface area contributed by atoms with Crippen molar-refractivity contribution in [3.05, 3.63) is 35.4 Å². The second kappa shape index (κ2) is 6.83. The van der Waals surface area contributed by atoms with Gasteiger partial charge in [-0.05, 0) is 25.1 Å². The van der Waals surface area contributed by atoms with Crippen molar-refractivity contribution in [2.75, 3.05) is 13.6 Å². The Morgan fingerprint density at radius 3 is 2.65 bits per heavy atom. The number of hydrogen-bond acceptors (Lipinski definition) is 2. The Balaban J connectivity index is 2.70. The van der Waals surface area contributed by atoms with Crippen LogP contribution in [0.5, 0.6) is 0 Å². The lowest BCUT2D eigenvalue weighted by molar-refractivity contribution is -0.136. The normalized spacial score (nSPS) is 11.8. The molecule has 2 N–H and O–H groups in total. The van der Waals surface area contributed by atoms with E-state index < -0.39 is 29.7 Å². The van der Waals surface area contributed by atoms with Gasteiger partial charge >= 0.3 is 12.0 Å². The molecule has 0 bridgehead atoms. The van der Waals surface area contributed by atoms with Crippen LogP contribution in [0.25, 0.3) is 0 Å². The van der Waals surface area contributed by atoms with Gasteiger partial charge in [0, 0.05) is 19.2 Å². The third-order valence-electron chi connectivity index (χ3n) is 2.92. The molecule has 1 rings (SSSR count). The summed E-state index contributed by atoms with van der Waals surface area (Å²) in [5.74, 6) is -2.23. The lowest BCUT2D eigenvalue weighted by Crippen LogP contribution is -2.39. The molecular weight excluding hydrogens is 270 g/mol. The molecule has 1 atom stereocenters. The van der Waals surface area contributed by atoms with E-state index in [9.17, 15) is 18.4 Å². The number of rotatable bonds is 5. The van der Waals surface area contributed by atoms with Crippen molar-refractivity contribution in [3.8, 4) is 0 Å². The zero-order valence-electron chi connectivity index (χ0n) is 11.2. The van der Waals surface area contributed by atoms with Crippen molar-refractivity contribution in [3.63, 3.8) is 0 Å². The van der Waals surface area contributed by atoms with Gasteiger partial charge in [0.05, 0.1) is 12.5 Å². The highest BCUT2D eigenvalue weighted by molar-refractivity contribution is 5.75. The Morgan fingerprint density at radius 2 is 2.05 bits per heavy atom. The summed E-state index contributed by atoms with van der Waals surface area (Å²) < 4.78 is 26.7. The van der Waals surface area contributed by atoms with E-state index in [0.29, 0.717) is 0 Å². The number of halogens is 2. The lowest BCUT2D eigenvalue weighted by atomic mass is 10.1. The van der Waals surface area contributed by atoms with Crippen LogP contribution in [-0.2, 0) is 4.79 Å². The van der Waals surface area contributed by atoms with E-state index in [1.807, 2.05) is 0 Å². The largest absolute Gasteiger partial charge is 0.481 e. The van der Waals surface area contributed by atoms with Crippen LogP contribution in [-0.4, -0.2) is 35.6 Å². The third kappa shape index (κ3) is 4.18. The molecule has 7 heteroatoms. The summed E-state index contributed by atoms with van der Waals surface area (Å²) in [5.41, 5.74) is 0.0564. The van der Waals surface area contributed by atoms with E-state index in [1.165, 1.54) is 11.9 Å². The van der Waals surface area contributed by atoms with Gasteiger partial charge in [0.15, 0.2) is 0 Å². The van der Waals surface area contributed by atoms with Crippen molar-refractivity contribution in [1.29, 1.82) is 0 Å². The molecular formula is C13H16F2N2O3. The first-order valence-electron chi connectivity index (χ1n) is 6.00. The predicted molar refractivity (Wildman–Crippen MR) is 68.2 cm³/mol. The van der Waals surface area contributed by atoms with Crippen molar-refractivity contribution in [2.24, 2.45) is 0 Å². The number of nitrogens with one attached hydrogen (secondary N) is 1. The van der Waals surface area contributed by atoms with Crippen molar-refractivity contribution in [1.82, 2.24) is 10.2 Å². The van der Waals surface area contributed by atoms with Crippen molar-refractivity contribution >= 4 is 12.0 Å². The maximum absolute atomic E-state index is 13.6. The van der Waals surface area contributed by atoms with Crippen LogP contribution in [0, 0.1) is 11.6 Å². The summed E-state index contributed by atoms with van der Waals surface area (Å²) in [5, 5.41) is 10.9. The van der Waals surface area contributed by atoms with Crippen LogP contribution in [0.1, 0.15) is 24.9 Å². The molecule has 0 saturated heterocycles. The van der Waals surface area contributed by atoms with Gasteiger partial charge in [-0.1, -0.05) is 0 Å². The van der Waals surface area contributed by atoms with Gasteiger partial charge in [-0.25, -0.2) is 13.6 Å². The SMILES string of the molecule is CC(c1cc(F)ccc1F)N(C)C(=O)NCCC(=O)O. The van der Waals surface area contributed by atoms with Crippen LogP contribution in [0.4, 0.5) is 13.6 Å². The van der Waals surface area contributed by atoms with Crippen LogP contribution in [0.2, 0.25) is 0 Å². The van der Waals surface area contributed by atoms with Crippen LogP contribution in [0.3, 0.4) is 0 Å². The minimum Gasteiger partial charge on any atom is -0.481 e. The quantitative estimate of drug-likeness (QED) is 0.871. The summed E-state index contributed by atoms with van der Waals surface area (Å²) in [4.78, 5) is 23.3. The van der Waals surface area contributed by atoms with Crippen LogP contribution < -0.4 is 5.32 Å². The smallest absolute Gasteiger partial charge is 0.317 e. The fraction of sp³-hybridized carbons (Fsp3) is 0.385. The molecule has 110 valence electrons. The average molecular weight is 286 g/mol. The molecule has 0 heterocycles. The first-order valence-corrected chi connectivity index (χ1v) is 6.00. The summed E-state index contributed by atoms with van der Waals surface area (Å²) in [6, 6.07) is 1.79. The molecule has 0 aromatic heterocycles. The minimum atomic E-state index is -1.03. The number of amides is 2. The van der Waals surface area contributed by atoms with Gasteiger partial charge in [0.25, 0.3) is 0 Å². The van der Waals surface area contributed by atoms with Gasteiger partial charge in [-0.3, -0.25) is 4.79 Å². The third-order valence-corrected chi connectivity index (χ3v) is 2.92. The first-order chi connectivity index (χ1) is 9.32. The molecule has 2 amide bonds. The molecule has 0 aliphatic rings. The van der Waals surface area contributed by atoms with E-state index in [1.54, 1.807) is 6.92 Å². The molecule has 0 spiro atoms. The first kappa shape index (κ1) is 15.9. The van der Waals surface area contributed by atoms with Crippen molar-refractivity contribution < 1.29 is 23.5 Å². The zero-order valence-corrected chi connectivity index (χ0v) is 11.2. The summed E-state index contributed by atoms with van der Waals surface area (Å²) in [7, 11) is 1.42. The summed E-state index contributed by atoms with van der Waals surface area (Å²) in [6.45, 7) is 1.52. The molecule has 0 aliphatic heterocycles. The van der Waals surface area contributed by atoms with Crippen molar-refractivity contribution in [2.45, 2.75) is 19.4 Å². The van der Waals surface area contributed by atoms with Gasteiger partial charge < -0.3 is 15.3 Å². The predicted octanol–water partition coefficient (Wildman–Crippen LogP) is 2.14. The number of carboxylic acid groups (broad SMARTS) is 1. The monoisotopic (exact) mass is 286 g/mol. The van der Waals surface area contributed by atoms with E-state index in [4.69, 9.17) is 5.11 Å². The van der Waals surface area contributed by atoms with Gasteiger partial charge in [0.1, 0.15) is 11.6 Å². The molecule has 1 unspecified atom stereocenters. The van der Waals surface area contributed by atoms with E-state index in [0.717, 1.165) is 18.2 Å². The molecule has 0 aliphatic carbocycles. The number of carboxylic acids is 1. The molecule has 0 saturated carbocycles. The average Bonchev–Trinajstić information content (AvgIpc) is 2.39. The molecule has 20 heavy (non-hydrogen) atoms.